The number of esters is 1. The molecule has 1 aromatic carbocycles. The highest BCUT2D eigenvalue weighted by Gasteiger charge is 2.27. The zero-order chi connectivity index (χ0) is 18.5. The van der Waals surface area contributed by atoms with Crippen LogP contribution in [-0.4, -0.2) is 35.4 Å². The zero-order valence-electron chi connectivity index (χ0n) is 14.7. The lowest BCUT2D eigenvalue weighted by Gasteiger charge is -2.32. The van der Waals surface area contributed by atoms with Crippen LogP contribution >= 0.6 is 11.6 Å². The number of hydrogen-bond donors (Lipinski definition) is 0. The molecule has 0 saturated carbocycles. The molecule has 2 aromatic rings. The van der Waals surface area contributed by atoms with Crippen molar-refractivity contribution in [2.45, 2.75) is 26.3 Å². The molecule has 1 aromatic heterocycles. The largest absolute Gasteiger partial charge is 0.466 e. The molecule has 0 atom stereocenters. The molecular weight excluding hydrogens is 354 g/mol. The third-order valence-corrected chi connectivity index (χ3v) is 4.95. The van der Waals surface area contributed by atoms with Gasteiger partial charge < -0.3 is 9.64 Å². The molecule has 0 amide bonds. The molecule has 1 aliphatic heterocycles. The summed E-state index contributed by atoms with van der Waals surface area (Å²) < 4.78 is 6.46. The van der Waals surface area contributed by atoms with E-state index in [1.165, 1.54) is 4.68 Å². The van der Waals surface area contributed by atoms with Crippen molar-refractivity contribution in [3.8, 4) is 0 Å². The summed E-state index contributed by atoms with van der Waals surface area (Å²) in [6.07, 6.45) is 3.00. The number of benzene rings is 1. The fourth-order valence-electron chi connectivity index (χ4n) is 3.16. The van der Waals surface area contributed by atoms with Gasteiger partial charge in [0, 0.05) is 13.1 Å². The van der Waals surface area contributed by atoms with E-state index in [1.807, 2.05) is 42.2 Å². The molecule has 6 nitrogen and oxygen atoms in total. The minimum atomic E-state index is -0.305. The highest BCUT2D eigenvalue weighted by molar-refractivity contribution is 6.33. The van der Waals surface area contributed by atoms with E-state index >= 15 is 0 Å². The van der Waals surface area contributed by atoms with Gasteiger partial charge in [-0.05, 0) is 25.3 Å². The summed E-state index contributed by atoms with van der Waals surface area (Å²) in [5.74, 6) is -0.231. The number of halogens is 1. The Balaban J connectivity index is 1.71. The summed E-state index contributed by atoms with van der Waals surface area (Å²) in [4.78, 5) is 26.4. The smallest absolute Gasteiger partial charge is 0.309 e. The number of hydrogen-bond acceptors (Lipinski definition) is 5. The lowest BCUT2D eigenvalue weighted by molar-refractivity contribution is -0.148. The Morgan fingerprint density at radius 1 is 1.27 bits per heavy atom. The summed E-state index contributed by atoms with van der Waals surface area (Å²) in [6, 6.07) is 9.65. The van der Waals surface area contributed by atoms with Gasteiger partial charge in [0.25, 0.3) is 5.56 Å². The summed E-state index contributed by atoms with van der Waals surface area (Å²) >= 11 is 6.34. The Labute approximate surface area is 157 Å². The summed E-state index contributed by atoms with van der Waals surface area (Å²) in [6.45, 7) is 3.88. The average Bonchev–Trinajstić information content (AvgIpc) is 2.67. The highest BCUT2D eigenvalue weighted by Crippen LogP contribution is 2.27. The predicted molar refractivity (Wildman–Crippen MR) is 101 cm³/mol. The minimum absolute atomic E-state index is 0.0867. The molecular formula is C19H22ClN3O3. The van der Waals surface area contributed by atoms with Gasteiger partial charge in [0.15, 0.2) is 0 Å². The van der Waals surface area contributed by atoms with Crippen LogP contribution in [0.1, 0.15) is 25.3 Å². The highest BCUT2D eigenvalue weighted by atomic mass is 35.5. The zero-order valence-corrected chi connectivity index (χ0v) is 15.5. The number of rotatable bonds is 5. The summed E-state index contributed by atoms with van der Waals surface area (Å²) in [5, 5.41) is 4.45. The van der Waals surface area contributed by atoms with E-state index in [2.05, 4.69) is 5.10 Å². The number of carbonyl (C=O) groups is 1. The van der Waals surface area contributed by atoms with Crippen molar-refractivity contribution < 1.29 is 9.53 Å². The second kappa shape index (κ2) is 8.36. The Morgan fingerprint density at radius 3 is 2.62 bits per heavy atom. The molecule has 0 radical (unpaired) electrons. The number of nitrogens with zero attached hydrogens (tertiary/aromatic N) is 3. The molecule has 138 valence electrons. The number of aromatic nitrogens is 2. The first-order valence-electron chi connectivity index (χ1n) is 8.81. The van der Waals surface area contributed by atoms with E-state index in [-0.39, 0.29) is 22.5 Å². The van der Waals surface area contributed by atoms with Gasteiger partial charge in [0.05, 0.1) is 31.0 Å². The maximum atomic E-state index is 12.6. The first kappa shape index (κ1) is 18.5. The third kappa shape index (κ3) is 4.07. The van der Waals surface area contributed by atoms with Crippen molar-refractivity contribution in [3.63, 3.8) is 0 Å². The Morgan fingerprint density at radius 2 is 1.96 bits per heavy atom. The third-order valence-electron chi connectivity index (χ3n) is 4.60. The van der Waals surface area contributed by atoms with Crippen LogP contribution in [0.5, 0.6) is 0 Å². The molecule has 1 saturated heterocycles. The van der Waals surface area contributed by atoms with Crippen LogP contribution in [0.2, 0.25) is 5.02 Å². The van der Waals surface area contributed by atoms with Crippen LogP contribution < -0.4 is 10.5 Å². The summed E-state index contributed by atoms with van der Waals surface area (Å²) in [7, 11) is 0. The molecule has 3 rings (SSSR count). The van der Waals surface area contributed by atoms with Gasteiger partial charge in [-0.25, -0.2) is 4.68 Å². The Bertz CT molecular complexity index is 815. The van der Waals surface area contributed by atoms with Gasteiger partial charge in [0.1, 0.15) is 5.02 Å². The number of anilines is 1. The Hall–Kier alpha value is -2.34. The van der Waals surface area contributed by atoms with Crippen LogP contribution in [-0.2, 0) is 16.1 Å². The quantitative estimate of drug-likeness (QED) is 0.752. The molecule has 0 aliphatic carbocycles. The topological polar surface area (TPSA) is 64.4 Å². The van der Waals surface area contributed by atoms with Crippen LogP contribution in [0, 0.1) is 5.92 Å². The molecule has 26 heavy (non-hydrogen) atoms. The normalized spacial score (nSPS) is 15.1. The van der Waals surface area contributed by atoms with Gasteiger partial charge in [-0.15, -0.1) is 0 Å². The molecule has 0 unspecified atom stereocenters. The molecule has 2 heterocycles. The van der Waals surface area contributed by atoms with Crippen molar-refractivity contribution in [1.29, 1.82) is 0 Å². The van der Waals surface area contributed by atoms with Crippen molar-refractivity contribution in [2.75, 3.05) is 24.6 Å². The first-order valence-corrected chi connectivity index (χ1v) is 9.19. The molecule has 0 spiro atoms. The molecule has 0 N–H and O–H groups in total. The fourth-order valence-corrected chi connectivity index (χ4v) is 3.43. The lowest BCUT2D eigenvalue weighted by atomic mass is 9.97. The Kier molecular flexibility index (Phi) is 5.93. The van der Waals surface area contributed by atoms with Crippen molar-refractivity contribution in [1.82, 2.24) is 9.78 Å². The van der Waals surface area contributed by atoms with Gasteiger partial charge >= 0.3 is 5.97 Å². The van der Waals surface area contributed by atoms with E-state index < -0.39 is 0 Å². The second-order valence-corrected chi connectivity index (χ2v) is 6.68. The number of piperidine rings is 1. The SMILES string of the molecule is CCOC(=O)C1CCN(c2cnn(Cc3ccccc3)c(=O)c2Cl)CC1. The average molecular weight is 376 g/mol. The first-order chi connectivity index (χ1) is 12.6. The molecule has 0 bridgehead atoms. The standard InChI is InChI=1S/C19H22ClN3O3/c1-2-26-19(25)15-8-10-22(11-9-15)16-12-21-23(18(24)17(16)20)13-14-6-4-3-5-7-14/h3-7,12,15H,2,8-11,13H2,1H3. The van der Waals surface area contributed by atoms with Crippen LogP contribution in [0.4, 0.5) is 5.69 Å². The van der Waals surface area contributed by atoms with Crippen LogP contribution in [0.25, 0.3) is 0 Å². The monoisotopic (exact) mass is 375 g/mol. The van der Waals surface area contributed by atoms with Gasteiger partial charge in [-0.3, -0.25) is 9.59 Å². The van der Waals surface area contributed by atoms with Gasteiger partial charge in [0.2, 0.25) is 0 Å². The molecule has 1 fully saturated rings. The van der Waals surface area contributed by atoms with E-state index in [4.69, 9.17) is 16.3 Å². The molecule has 7 heteroatoms. The van der Waals surface area contributed by atoms with Gasteiger partial charge in [-0.2, -0.15) is 5.10 Å². The van der Waals surface area contributed by atoms with Crippen molar-refractivity contribution >= 4 is 23.3 Å². The van der Waals surface area contributed by atoms with E-state index in [0.29, 0.717) is 44.8 Å². The van der Waals surface area contributed by atoms with E-state index in [9.17, 15) is 9.59 Å². The van der Waals surface area contributed by atoms with Crippen molar-refractivity contribution in [3.05, 3.63) is 57.5 Å². The predicted octanol–water partition coefficient (Wildman–Crippen LogP) is 2.72. The van der Waals surface area contributed by atoms with Crippen LogP contribution in [0.15, 0.2) is 41.3 Å². The van der Waals surface area contributed by atoms with E-state index in [0.717, 1.165) is 5.56 Å². The summed E-state index contributed by atoms with van der Waals surface area (Å²) in [5.41, 5.74) is 1.31. The number of carbonyl (C=O) groups excluding carboxylic acids is 1. The maximum absolute atomic E-state index is 12.6. The number of ether oxygens (including phenoxy) is 1. The van der Waals surface area contributed by atoms with E-state index in [1.54, 1.807) is 6.20 Å². The van der Waals surface area contributed by atoms with Crippen molar-refractivity contribution in [2.24, 2.45) is 5.92 Å². The molecule has 1 aliphatic rings. The second-order valence-electron chi connectivity index (χ2n) is 6.31. The fraction of sp³-hybridized carbons (Fsp3) is 0.421. The van der Waals surface area contributed by atoms with Crippen LogP contribution in [0.3, 0.4) is 0 Å². The van der Waals surface area contributed by atoms with Gasteiger partial charge in [-0.1, -0.05) is 41.9 Å². The lowest BCUT2D eigenvalue weighted by Crippen LogP contribution is -2.38. The minimum Gasteiger partial charge on any atom is -0.466 e. The maximum Gasteiger partial charge on any atom is 0.309 e.